The molecule has 8 nitrogen and oxygen atoms in total. The number of ether oxygens (including phenoxy) is 2. The normalized spacial score (nSPS) is 18.0. The molecule has 8 heteroatoms. The zero-order valence-corrected chi connectivity index (χ0v) is 20.3. The maximum atomic E-state index is 13.3. The predicted octanol–water partition coefficient (Wildman–Crippen LogP) is 3.78. The number of nitrogens with one attached hydrogen (secondary N) is 1. The van der Waals surface area contributed by atoms with Crippen molar-refractivity contribution < 1.29 is 29.0 Å². The Morgan fingerprint density at radius 2 is 1.69 bits per heavy atom. The van der Waals surface area contributed by atoms with Crippen LogP contribution in [0, 0.1) is 0 Å². The molecule has 2 amide bonds. The van der Waals surface area contributed by atoms with E-state index in [1.54, 1.807) is 0 Å². The Bertz CT molecular complexity index is 1070. The molecule has 1 fully saturated rings. The second-order valence-corrected chi connectivity index (χ2v) is 9.72. The molecule has 35 heavy (non-hydrogen) atoms. The maximum absolute atomic E-state index is 13.3. The first-order valence-corrected chi connectivity index (χ1v) is 11.9. The Labute approximate surface area is 205 Å². The van der Waals surface area contributed by atoms with Gasteiger partial charge < -0.3 is 24.8 Å². The fourth-order valence-electron chi connectivity index (χ4n) is 5.04. The van der Waals surface area contributed by atoms with E-state index in [-0.39, 0.29) is 18.9 Å². The maximum Gasteiger partial charge on any atom is 0.407 e. The SMILES string of the molecule is COC(C)(C)CC(NC(=O)OCC1c2ccccc2-c2ccccc21)C(=O)N1CCC[C@H]1C(=O)O. The molecular formula is C27H32N2O6. The number of fused-ring (bicyclic) bond motifs is 3. The van der Waals surface area contributed by atoms with Crippen LogP contribution < -0.4 is 5.32 Å². The molecule has 0 aromatic heterocycles. The standard InChI is InChI=1S/C27H32N2O6/c1-27(2,34-3)15-22(24(30)29-14-8-13-23(29)25(31)32)28-26(33)35-16-21-19-11-6-4-9-17(19)18-10-5-7-12-20(18)21/h4-7,9-12,21-23H,8,13-16H2,1-3H3,(H,28,33)(H,31,32)/t22?,23-/m0/s1. The summed E-state index contributed by atoms with van der Waals surface area (Å²) in [5.74, 6) is -1.58. The van der Waals surface area contributed by atoms with Crippen molar-refractivity contribution in [1.82, 2.24) is 10.2 Å². The average molecular weight is 481 g/mol. The average Bonchev–Trinajstić information content (AvgIpc) is 3.45. The zero-order chi connectivity index (χ0) is 25.2. The number of aliphatic carboxylic acids is 1. The largest absolute Gasteiger partial charge is 0.480 e. The minimum atomic E-state index is -1.04. The van der Waals surface area contributed by atoms with Crippen LogP contribution in [0.1, 0.15) is 50.2 Å². The summed E-state index contributed by atoms with van der Waals surface area (Å²) < 4.78 is 11.1. The van der Waals surface area contributed by atoms with E-state index in [1.807, 2.05) is 50.2 Å². The van der Waals surface area contributed by atoms with Crippen molar-refractivity contribution in [1.29, 1.82) is 0 Å². The first kappa shape index (κ1) is 24.7. The van der Waals surface area contributed by atoms with E-state index < -0.39 is 35.7 Å². The molecule has 186 valence electrons. The Morgan fingerprint density at radius 1 is 1.09 bits per heavy atom. The number of benzene rings is 2. The number of likely N-dealkylation sites (tertiary alicyclic amines) is 1. The second kappa shape index (κ2) is 10.1. The van der Waals surface area contributed by atoms with Gasteiger partial charge in [-0.2, -0.15) is 0 Å². The lowest BCUT2D eigenvalue weighted by Crippen LogP contribution is -2.54. The van der Waals surface area contributed by atoms with Gasteiger partial charge in [-0.1, -0.05) is 48.5 Å². The summed E-state index contributed by atoms with van der Waals surface area (Å²) in [5, 5.41) is 12.2. The lowest BCUT2D eigenvalue weighted by atomic mass is 9.97. The van der Waals surface area contributed by atoms with Crippen molar-refractivity contribution in [2.75, 3.05) is 20.3 Å². The molecule has 2 aromatic rings. The molecule has 0 saturated carbocycles. The predicted molar refractivity (Wildman–Crippen MR) is 130 cm³/mol. The highest BCUT2D eigenvalue weighted by Crippen LogP contribution is 2.44. The quantitative estimate of drug-likeness (QED) is 0.596. The summed E-state index contributed by atoms with van der Waals surface area (Å²) >= 11 is 0. The molecule has 0 spiro atoms. The van der Waals surface area contributed by atoms with Gasteiger partial charge in [-0.15, -0.1) is 0 Å². The van der Waals surface area contributed by atoms with Gasteiger partial charge in [0.25, 0.3) is 0 Å². The minimum Gasteiger partial charge on any atom is -0.480 e. The lowest BCUT2D eigenvalue weighted by Gasteiger charge is -2.32. The number of carboxylic acid groups (broad SMARTS) is 1. The Kier molecular flexibility index (Phi) is 7.12. The molecule has 0 radical (unpaired) electrons. The number of carbonyl (C=O) groups excluding carboxylic acids is 2. The Balaban J connectivity index is 1.48. The van der Waals surface area contributed by atoms with Gasteiger partial charge in [0.05, 0.1) is 5.60 Å². The molecule has 1 heterocycles. The number of nitrogens with zero attached hydrogens (tertiary/aromatic N) is 1. The summed E-state index contributed by atoms with van der Waals surface area (Å²) in [6.07, 6.45) is 0.457. The van der Waals surface area contributed by atoms with Crippen molar-refractivity contribution in [2.45, 2.75) is 56.7 Å². The number of amides is 2. The van der Waals surface area contributed by atoms with Gasteiger partial charge in [-0.3, -0.25) is 4.79 Å². The van der Waals surface area contributed by atoms with Crippen molar-refractivity contribution in [3.63, 3.8) is 0 Å². The first-order chi connectivity index (χ1) is 16.7. The summed E-state index contributed by atoms with van der Waals surface area (Å²) in [5.41, 5.74) is 3.73. The van der Waals surface area contributed by atoms with Crippen molar-refractivity contribution in [3.8, 4) is 11.1 Å². The molecule has 2 N–H and O–H groups in total. The molecule has 4 rings (SSSR count). The third-order valence-corrected chi connectivity index (χ3v) is 7.00. The highest BCUT2D eigenvalue weighted by atomic mass is 16.5. The van der Waals surface area contributed by atoms with Crippen molar-refractivity contribution >= 4 is 18.0 Å². The zero-order valence-electron chi connectivity index (χ0n) is 20.3. The number of methoxy groups -OCH3 is 1. The van der Waals surface area contributed by atoms with E-state index >= 15 is 0 Å². The van der Waals surface area contributed by atoms with E-state index in [9.17, 15) is 19.5 Å². The van der Waals surface area contributed by atoms with Crippen LogP contribution in [0.25, 0.3) is 11.1 Å². The van der Waals surface area contributed by atoms with Gasteiger partial charge in [0.1, 0.15) is 18.7 Å². The Hall–Kier alpha value is -3.39. The molecule has 1 saturated heterocycles. The molecule has 2 aromatic carbocycles. The van der Waals surface area contributed by atoms with Gasteiger partial charge in [-0.25, -0.2) is 9.59 Å². The van der Waals surface area contributed by atoms with Gasteiger partial charge in [-0.05, 0) is 48.9 Å². The van der Waals surface area contributed by atoms with Crippen molar-refractivity contribution in [3.05, 3.63) is 59.7 Å². The van der Waals surface area contributed by atoms with E-state index in [4.69, 9.17) is 9.47 Å². The van der Waals surface area contributed by atoms with E-state index in [1.165, 1.54) is 12.0 Å². The fraction of sp³-hybridized carbons (Fsp3) is 0.444. The molecule has 0 bridgehead atoms. The molecule has 1 unspecified atom stereocenters. The second-order valence-electron chi connectivity index (χ2n) is 9.72. The molecular weight excluding hydrogens is 448 g/mol. The molecule has 2 aliphatic rings. The number of carboxylic acids is 1. The highest BCUT2D eigenvalue weighted by Gasteiger charge is 2.40. The third-order valence-electron chi connectivity index (χ3n) is 7.00. The summed E-state index contributed by atoms with van der Waals surface area (Å²) in [6, 6.07) is 14.2. The molecule has 1 aliphatic heterocycles. The van der Waals surface area contributed by atoms with Gasteiger partial charge >= 0.3 is 12.1 Å². The monoisotopic (exact) mass is 480 g/mol. The fourth-order valence-corrected chi connectivity index (χ4v) is 5.04. The van der Waals surface area contributed by atoms with Gasteiger partial charge in [0.15, 0.2) is 0 Å². The number of rotatable bonds is 8. The number of hydrogen-bond donors (Lipinski definition) is 2. The van der Waals surface area contributed by atoms with E-state index in [2.05, 4.69) is 17.4 Å². The van der Waals surface area contributed by atoms with E-state index in [0.29, 0.717) is 19.4 Å². The van der Waals surface area contributed by atoms with Crippen LogP contribution in [0.3, 0.4) is 0 Å². The van der Waals surface area contributed by atoms with Crippen LogP contribution in [-0.2, 0) is 19.1 Å². The minimum absolute atomic E-state index is 0.104. The van der Waals surface area contributed by atoms with Crippen LogP contribution in [0.15, 0.2) is 48.5 Å². The van der Waals surface area contributed by atoms with Crippen LogP contribution in [0.2, 0.25) is 0 Å². The third kappa shape index (κ3) is 5.17. The van der Waals surface area contributed by atoms with E-state index in [0.717, 1.165) is 22.3 Å². The van der Waals surface area contributed by atoms with Crippen LogP contribution >= 0.6 is 0 Å². The summed E-state index contributed by atoms with van der Waals surface area (Å²) in [4.78, 5) is 39.2. The summed E-state index contributed by atoms with van der Waals surface area (Å²) in [6.45, 7) is 4.08. The lowest BCUT2D eigenvalue weighted by molar-refractivity contribution is -0.149. The Morgan fingerprint density at radius 3 is 2.26 bits per heavy atom. The summed E-state index contributed by atoms with van der Waals surface area (Å²) in [7, 11) is 1.53. The highest BCUT2D eigenvalue weighted by molar-refractivity contribution is 5.90. The van der Waals surface area contributed by atoms with Gasteiger partial charge in [0, 0.05) is 26.0 Å². The molecule has 1 aliphatic carbocycles. The number of alkyl carbamates (subject to hydrolysis) is 1. The van der Waals surface area contributed by atoms with Crippen LogP contribution in [0.5, 0.6) is 0 Å². The van der Waals surface area contributed by atoms with Crippen molar-refractivity contribution in [2.24, 2.45) is 0 Å². The number of carbonyl (C=O) groups is 3. The van der Waals surface area contributed by atoms with Gasteiger partial charge in [0.2, 0.25) is 5.91 Å². The van der Waals surface area contributed by atoms with Crippen LogP contribution in [-0.4, -0.2) is 65.9 Å². The number of hydrogen-bond acceptors (Lipinski definition) is 5. The smallest absolute Gasteiger partial charge is 0.407 e. The topological polar surface area (TPSA) is 105 Å². The van der Waals surface area contributed by atoms with Crippen LogP contribution in [0.4, 0.5) is 4.79 Å². The first-order valence-electron chi connectivity index (χ1n) is 11.9. The molecule has 2 atom stereocenters.